The lowest BCUT2D eigenvalue weighted by Crippen LogP contribution is -2.38. The minimum atomic E-state index is -3.64. The first kappa shape index (κ1) is 18.0. The molecule has 1 rings (SSSR count). The van der Waals surface area contributed by atoms with Gasteiger partial charge in [0.05, 0.1) is 16.4 Å². The Hall–Kier alpha value is -0.0200. The van der Waals surface area contributed by atoms with Crippen LogP contribution in [0.4, 0.5) is 0 Å². The highest BCUT2D eigenvalue weighted by Crippen LogP contribution is 2.30. The van der Waals surface area contributed by atoms with Crippen molar-refractivity contribution in [1.82, 2.24) is 4.31 Å². The second kappa shape index (κ2) is 7.31. The summed E-state index contributed by atoms with van der Waals surface area (Å²) in [6.45, 7) is 4.22. The van der Waals surface area contributed by atoms with Gasteiger partial charge < -0.3 is 5.73 Å². The molecule has 4 nitrogen and oxygen atoms in total. The Kier molecular flexibility index (Phi) is 6.59. The lowest BCUT2D eigenvalue weighted by molar-refractivity contribution is 0.449. The largest absolute Gasteiger partial charge is 0.392 e. The van der Waals surface area contributed by atoms with Crippen LogP contribution in [0, 0.1) is 6.92 Å². The molecule has 0 heterocycles. The van der Waals surface area contributed by atoms with Crippen LogP contribution in [0.15, 0.2) is 26.0 Å². The van der Waals surface area contributed by atoms with Gasteiger partial charge in [0.15, 0.2) is 0 Å². The van der Waals surface area contributed by atoms with Crippen LogP contribution in [-0.4, -0.2) is 30.8 Å². The predicted octanol–water partition coefficient (Wildman–Crippen LogP) is 3.21. The second-order valence-corrected chi connectivity index (χ2v) is 8.48. The molecule has 0 amide bonds. The van der Waals surface area contributed by atoms with E-state index in [9.17, 15) is 8.42 Å². The van der Waals surface area contributed by atoms with E-state index in [4.69, 9.17) is 18.0 Å². The molecule has 1 aromatic rings. The summed E-state index contributed by atoms with van der Waals surface area (Å²) < 4.78 is 28.0. The zero-order valence-electron chi connectivity index (χ0n) is 11.2. The molecule has 0 radical (unpaired) electrons. The van der Waals surface area contributed by atoms with Crippen LogP contribution in [0.2, 0.25) is 0 Å². The van der Waals surface area contributed by atoms with Crippen molar-refractivity contribution in [2.24, 2.45) is 5.73 Å². The van der Waals surface area contributed by atoms with Crippen molar-refractivity contribution in [2.75, 3.05) is 13.1 Å². The molecule has 0 aliphatic rings. The van der Waals surface area contributed by atoms with Gasteiger partial charge in [0.2, 0.25) is 10.0 Å². The molecule has 0 aliphatic carbocycles. The zero-order valence-corrected chi connectivity index (χ0v) is 16.0. The normalized spacial score (nSPS) is 11.8. The number of aryl methyl sites for hydroxylation is 1. The van der Waals surface area contributed by atoms with E-state index in [1.54, 1.807) is 12.1 Å². The van der Waals surface area contributed by atoms with E-state index in [0.717, 1.165) is 10.0 Å². The fourth-order valence-corrected chi connectivity index (χ4v) is 5.06. The fraction of sp³-hybridized carbons (Fsp3) is 0.417. The van der Waals surface area contributed by atoms with E-state index < -0.39 is 10.0 Å². The van der Waals surface area contributed by atoms with Crippen molar-refractivity contribution in [3.63, 3.8) is 0 Å². The summed E-state index contributed by atoms with van der Waals surface area (Å²) in [6.07, 6.45) is 0.687. The Morgan fingerprint density at radius 3 is 2.45 bits per heavy atom. The standard InChI is InChI=1S/C12H16Br2N2O2S2/c1-3-4-16(7-12(15)19)20(17,18)11-6-9(13)8(2)5-10(11)14/h5-6H,3-4,7H2,1-2H3,(H2,15,19). The quantitative estimate of drug-likeness (QED) is 0.685. The highest BCUT2D eigenvalue weighted by atomic mass is 79.9. The van der Waals surface area contributed by atoms with Gasteiger partial charge in [-0.3, -0.25) is 0 Å². The lowest BCUT2D eigenvalue weighted by atomic mass is 10.2. The van der Waals surface area contributed by atoms with E-state index >= 15 is 0 Å². The van der Waals surface area contributed by atoms with Crippen molar-refractivity contribution in [3.05, 3.63) is 26.6 Å². The maximum atomic E-state index is 12.7. The summed E-state index contributed by atoms with van der Waals surface area (Å²) in [6, 6.07) is 3.36. The van der Waals surface area contributed by atoms with Gasteiger partial charge >= 0.3 is 0 Å². The van der Waals surface area contributed by atoms with Crippen LogP contribution in [0.1, 0.15) is 18.9 Å². The number of nitrogens with zero attached hydrogens (tertiary/aromatic N) is 1. The molecule has 0 fully saturated rings. The van der Waals surface area contributed by atoms with Crippen molar-refractivity contribution in [2.45, 2.75) is 25.2 Å². The first-order chi connectivity index (χ1) is 9.20. The minimum absolute atomic E-state index is 0.0451. The summed E-state index contributed by atoms with van der Waals surface area (Å²) >= 11 is 11.5. The average Bonchev–Trinajstić information content (AvgIpc) is 2.32. The van der Waals surface area contributed by atoms with E-state index in [-0.39, 0.29) is 16.4 Å². The summed E-state index contributed by atoms with van der Waals surface area (Å²) in [4.78, 5) is 0.365. The van der Waals surface area contributed by atoms with E-state index in [1.807, 2.05) is 13.8 Å². The maximum Gasteiger partial charge on any atom is 0.244 e. The smallest absolute Gasteiger partial charge is 0.244 e. The topological polar surface area (TPSA) is 63.4 Å². The van der Waals surface area contributed by atoms with E-state index in [1.165, 1.54) is 4.31 Å². The molecular weight excluding hydrogens is 428 g/mol. The molecule has 8 heteroatoms. The number of sulfonamides is 1. The van der Waals surface area contributed by atoms with Crippen LogP contribution >= 0.6 is 44.1 Å². The monoisotopic (exact) mass is 442 g/mol. The van der Waals surface area contributed by atoms with Crippen LogP contribution in [-0.2, 0) is 10.0 Å². The Bertz CT molecular complexity index is 618. The molecule has 0 unspecified atom stereocenters. The maximum absolute atomic E-state index is 12.7. The second-order valence-electron chi connectivity index (χ2n) is 4.34. The molecule has 0 bridgehead atoms. The van der Waals surface area contributed by atoms with Crippen molar-refractivity contribution in [1.29, 1.82) is 0 Å². The Morgan fingerprint density at radius 1 is 1.35 bits per heavy atom. The number of hydrogen-bond donors (Lipinski definition) is 1. The lowest BCUT2D eigenvalue weighted by Gasteiger charge is -2.22. The molecule has 0 aliphatic heterocycles. The number of halogens is 2. The minimum Gasteiger partial charge on any atom is -0.392 e. The van der Waals surface area contributed by atoms with Crippen molar-refractivity contribution < 1.29 is 8.42 Å². The third-order valence-corrected chi connectivity index (χ3v) is 6.42. The highest BCUT2D eigenvalue weighted by Gasteiger charge is 2.27. The van der Waals surface area contributed by atoms with Gasteiger partial charge in [-0.1, -0.05) is 35.1 Å². The van der Waals surface area contributed by atoms with Crippen LogP contribution in [0.3, 0.4) is 0 Å². The molecule has 0 saturated heterocycles. The van der Waals surface area contributed by atoms with Crippen molar-refractivity contribution in [3.8, 4) is 0 Å². The SMILES string of the molecule is CCCN(CC(N)=S)S(=O)(=O)c1cc(Br)c(C)cc1Br. The number of thiocarbonyl (C=S) groups is 1. The summed E-state index contributed by atoms with van der Waals surface area (Å²) in [5, 5.41) is 0. The molecule has 1 aromatic carbocycles. The molecule has 0 saturated carbocycles. The van der Waals surface area contributed by atoms with Crippen LogP contribution in [0.5, 0.6) is 0 Å². The van der Waals surface area contributed by atoms with E-state index in [0.29, 0.717) is 17.4 Å². The van der Waals surface area contributed by atoms with Gasteiger partial charge in [-0.2, -0.15) is 4.31 Å². The summed E-state index contributed by atoms with van der Waals surface area (Å²) in [7, 11) is -3.64. The van der Waals surface area contributed by atoms with E-state index in [2.05, 4.69) is 31.9 Å². The number of nitrogens with two attached hydrogens (primary N) is 1. The van der Waals surface area contributed by atoms with Gasteiger partial charge in [-0.25, -0.2) is 8.42 Å². The summed E-state index contributed by atoms with van der Waals surface area (Å²) in [5.74, 6) is 0. The predicted molar refractivity (Wildman–Crippen MR) is 92.4 cm³/mol. The molecular formula is C12H16Br2N2O2S2. The fourth-order valence-electron chi connectivity index (χ4n) is 1.67. The molecule has 112 valence electrons. The van der Waals surface area contributed by atoms with Gasteiger partial charge in [0.1, 0.15) is 0 Å². The zero-order chi connectivity index (χ0) is 15.5. The Balaban J connectivity index is 3.32. The van der Waals surface area contributed by atoms with Gasteiger partial charge in [-0.05, 0) is 47.0 Å². The third kappa shape index (κ3) is 4.24. The van der Waals surface area contributed by atoms with Gasteiger partial charge in [0, 0.05) is 15.5 Å². The Labute approximate surface area is 142 Å². The third-order valence-electron chi connectivity index (χ3n) is 2.64. The van der Waals surface area contributed by atoms with Crippen molar-refractivity contribution >= 4 is 59.1 Å². The molecule has 0 atom stereocenters. The summed E-state index contributed by atoms with van der Waals surface area (Å²) in [5.41, 5.74) is 6.45. The number of benzene rings is 1. The average molecular weight is 444 g/mol. The number of hydrogen-bond acceptors (Lipinski definition) is 3. The highest BCUT2D eigenvalue weighted by molar-refractivity contribution is 9.11. The number of rotatable bonds is 6. The van der Waals surface area contributed by atoms with Crippen LogP contribution in [0.25, 0.3) is 0 Å². The Morgan fingerprint density at radius 2 is 1.95 bits per heavy atom. The molecule has 0 aromatic heterocycles. The molecule has 2 N–H and O–H groups in total. The first-order valence-electron chi connectivity index (χ1n) is 5.94. The van der Waals surface area contributed by atoms with Gasteiger partial charge in [-0.15, -0.1) is 0 Å². The molecule has 0 spiro atoms. The van der Waals surface area contributed by atoms with Crippen LogP contribution < -0.4 is 5.73 Å². The first-order valence-corrected chi connectivity index (χ1v) is 9.37. The van der Waals surface area contributed by atoms with Gasteiger partial charge in [0.25, 0.3) is 0 Å². The molecule has 20 heavy (non-hydrogen) atoms.